The number of nitrogens with one attached hydrogen (secondary N) is 1. The van der Waals surface area contributed by atoms with Gasteiger partial charge in [-0.25, -0.2) is 4.79 Å². The molecule has 3 rings (SSSR count). The number of anilines is 2. The molecule has 1 fully saturated rings. The molecule has 2 aromatic carbocycles. The molecule has 1 saturated heterocycles. The van der Waals surface area contributed by atoms with Crippen molar-refractivity contribution in [2.75, 3.05) is 30.5 Å². The number of para-hydroxylation sites is 2. The topological polar surface area (TPSA) is 84.9 Å². The van der Waals surface area contributed by atoms with Crippen LogP contribution in [0.4, 0.5) is 11.4 Å². The number of hydrogen-bond donors (Lipinski definition) is 1. The number of rotatable bonds is 9. The van der Waals surface area contributed by atoms with Crippen molar-refractivity contribution < 1.29 is 23.9 Å². The monoisotopic (exact) mass is 424 g/mol. The largest absolute Gasteiger partial charge is 0.495 e. The Morgan fingerprint density at radius 2 is 1.84 bits per heavy atom. The minimum absolute atomic E-state index is 0.120. The van der Waals surface area contributed by atoms with E-state index in [2.05, 4.69) is 12.2 Å². The van der Waals surface area contributed by atoms with Gasteiger partial charge in [-0.3, -0.25) is 9.59 Å². The second-order valence-electron chi connectivity index (χ2n) is 7.49. The number of amides is 2. The quantitative estimate of drug-likeness (QED) is 0.485. The van der Waals surface area contributed by atoms with Crippen LogP contribution in [-0.4, -0.2) is 38.0 Å². The molecular weight excluding hydrogens is 396 g/mol. The molecule has 0 aromatic heterocycles. The predicted octanol–water partition coefficient (Wildman–Crippen LogP) is 4.03. The molecule has 1 aliphatic rings. The Hall–Kier alpha value is -3.35. The van der Waals surface area contributed by atoms with Crippen LogP contribution in [0.25, 0.3) is 0 Å². The number of unbranched alkanes of at least 4 members (excludes halogenated alkanes) is 2. The van der Waals surface area contributed by atoms with Crippen LogP contribution in [0.3, 0.4) is 0 Å². The summed E-state index contributed by atoms with van der Waals surface area (Å²) in [6.07, 6.45) is 3.07. The third kappa shape index (κ3) is 5.63. The lowest BCUT2D eigenvalue weighted by atomic mass is 10.1. The van der Waals surface area contributed by atoms with Crippen molar-refractivity contribution in [1.29, 1.82) is 0 Å². The SMILES string of the molecule is CCCCCOC(=O)c1ccc(NC(=O)[C@H]2CC(=O)N(c3ccccc3OC)C2)cc1. The van der Waals surface area contributed by atoms with Crippen LogP contribution in [-0.2, 0) is 14.3 Å². The highest BCUT2D eigenvalue weighted by Crippen LogP contribution is 2.33. The summed E-state index contributed by atoms with van der Waals surface area (Å²) in [6, 6.07) is 13.8. The molecule has 0 spiro atoms. The van der Waals surface area contributed by atoms with Crippen molar-refractivity contribution in [2.24, 2.45) is 5.92 Å². The average molecular weight is 424 g/mol. The van der Waals surface area contributed by atoms with Crippen LogP contribution in [0.15, 0.2) is 48.5 Å². The number of esters is 1. The highest BCUT2D eigenvalue weighted by Gasteiger charge is 2.36. The third-order valence-electron chi connectivity index (χ3n) is 5.24. The van der Waals surface area contributed by atoms with Gasteiger partial charge in [0.25, 0.3) is 0 Å². The summed E-state index contributed by atoms with van der Waals surface area (Å²) < 4.78 is 10.6. The van der Waals surface area contributed by atoms with E-state index in [1.807, 2.05) is 12.1 Å². The Kier molecular flexibility index (Phi) is 7.65. The zero-order valence-electron chi connectivity index (χ0n) is 17.9. The second-order valence-corrected chi connectivity index (χ2v) is 7.49. The Morgan fingerprint density at radius 3 is 2.55 bits per heavy atom. The summed E-state index contributed by atoms with van der Waals surface area (Å²) in [4.78, 5) is 38.8. The first-order valence-electron chi connectivity index (χ1n) is 10.5. The molecule has 1 atom stereocenters. The van der Waals surface area contributed by atoms with Gasteiger partial charge in [0.1, 0.15) is 5.75 Å². The van der Waals surface area contributed by atoms with Gasteiger partial charge in [0.05, 0.1) is 30.9 Å². The molecule has 2 amide bonds. The van der Waals surface area contributed by atoms with Crippen LogP contribution in [0, 0.1) is 5.92 Å². The number of nitrogens with zero attached hydrogens (tertiary/aromatic N) is 1. The zero-order chi connectivity index (χ0) is 22.2. The summed E-state index contributed by atoms with van der Waals surface area (Å²) in [7, 11) is 1.55. The van der Waals surface area contributed by atoms with Gasteiger partial charge < -0.3 is 19.7 Å². The number of carbonyl (C=O) groups is 3. The van der Waals surface area contributed by atoms with Crippen molar-refractivity contribution in [3.8, 4) is 5.75 Å². The van der Waals surface area contributed by atoms with Crippen LogP contribution >= 0.6 is 0 Å². The number of methoxy groups -OCH3 is 1. The van der Waals surface area contributed by atoms with Crippen LogP contribution < -0.4 is 15.0 Å². The summed E-state index contributed by atoms with van der Waals surface area (Å²) in [5.74, 6) is -0.607. The van der Waals surface area contributed by atoms with E-state index in [0.29, 0.717) is 29.3 Å². The maximum Gasteiger partial charge on any atom is 0.338 e. The molecule has 1 aliphatic heterocycles. The van der Waals surface area contributed by atoms with Crippen molar-refractivity contribution in [3.05, 3.63) is 54.1 Å². The van der Waals surface area contributed by atoms with Gasteiger partial charge in [0, 0.05) is 18.7 Å². The molecule has 7 heteroatoms. The van der Waals surface area contributed by atoms with Gasteiger partial charge in [-0.2, -0.15) is 0 Å². The van der Waals surface area contributed by atoms with Crippen molar-refractivity contribution >= 4 is 29.2 Å². The molecule has 0 bridgehead atoms. The molecule has 0 radical (unpaired) electrons. The van der Waals surface area contributed by atoms with E-state index in [0.717, 1.165) is 19.3 Å². The number of hydrogen-bond acceptors (Lipinski definition) is 5. The first-order valence-corrected chi connectivity index (χ1v) is 10.5. The Bertz CT molecular complexity index is 926. The molecule has 1 heterocycles. The van der Waals surface area contributed by atoms with E-state index in [9.17, 15) is 14.4 Å². The molecule has 0 aliphatic carbocycles. The maximum absolute atomic E-state index is 12.7. The molecule has 0 saturated carbocycles. The van der Waals surface area contributed by atoms with E-state index in [4.69, 9.17) is 9.47 Å². The van der Waals surface area contributed by atoms with E-state index < -0.39 is 5.92 Å². The van der Waals surface area contributed by atoms with Crippen molar-refractivity contribution in [2.45, 2.75) is 32.6 Å². The predicted molar refractivity (Wildman–Crippen MR) is 118 cm³/mol. The van der Waals surface area contributed by atoms with Gasteiger partial charge in [-0.15, -0.1) is 0 Å². The zero-order valence-corrected chi connectivity index (χ0v) is 17.9. The summed E-state index contributed by atoms with van der Waals surface area (Å²) >= 11 is 0. The second kappa shape index (κ2) is 10.6. The van der Waals surface area contributed by atoms with Gasteiger partial charge in [-0.1, -0.05) is 31.9 Å². The number of ether oxygens (including phenoxy) is 2. The molecule has 1 N–H and O–H groups in total. The molecule has 31 heavy (non-hydrogen) atoms. The average Bonchev–Trinajstić information content (AvgIpc) is 3.18. The lowest BCUT2D eigenvalue weighted by Crippen LogP contribution is -2.28. The standard InChI is InChI=1S/C24H28N2O5/c1-3-4-7-14-31-24(29)17-10-12-19(13-11-17)25-23(28)18-15-22(27)26(16-18)20-8-5-6-9-21(20)30-2/h5-6,8-13,18H,3-4,7,14-16H2,1-2H3,(H,25,28)/t18-/m0/s1. The Labute approximate surface area is 182 Å². The summed E-state index contributed by atoms with van der Waals surface area (Å²) in [5, 5.41) is 2.83. The minimum atomic E-state index is -0.472. The van der Waals surface area contributed by atoms with Crippen LogP contribution in [0.2, 0.25) is 0 Å². The summed E-state index contributed by atoms with van der Waals surface area (Å²) in [5.41, 5.74) is 1.66. The fourth-order valence-corrected chi connectivity index (χ4v) is 3.50. The van der Waals surface area contributed by atoms with Crippen molar-refractivity contribution in [1.82, 2.24) is 0 Å². The molecule has 164 valence electrons. The lowest BCUT2D eigenvalue weighted by Gasteiger charge is -2.19. The Morgan fingerprint density at radius 1 is 1.10 bits per heavy atom. The first kappa shape index (κ1) is 22.3. The minimum Gasteiger partial charge on any atom is -0.495 e. The molecular formula is C24H28N2O5. The highest BCUT2D eigenvalue weighted by molar-refractivity contribution is 6.04. The smallest absolute Gasteiger partial charge is 0.338 e. The fourth-order valence-electron chi connectivity index (χ4n) is 3.50. The Balaban J connectivity index is 1.57. The number of benzene rings is 2. The molecule has 0 unspecified atom stereocenters. The van der Waals surface area contributed by atoms with Gasteiger partial charge in [0.15, 0.2) is 0 Å². The van der Waals surface area contributed by atoms with E-state index in [1.54, 1.807) is 48.4 Å². The van der Waals surface area contributed by atoms with E-state index in [-0.39, 0.29) is 30.7 Å². The maximum atomic E-state index is 12.7. The fraction of sp³-hybridized carbons (Fsp3) is 0.375. The lowest BCUT2D eigenvalue weighted by molar-refractivity contribution is -0.122. The van der Waals surface area contributed by atoms with Crippen molar-refractivity contribution in [3.63, 3.8) is 0 Å². The molecule has 7 nitrogen and oxygen atoms in total. The normalized spacial score (nSPS) is 15.6. The first-order chi connectivity index (χ1) is 15.0. The highest BCUT2D eigenvalue weighted by atomic mass is 16.5. The van der Waals surface area contributed by atoms with Gasteiger partial charge >= 0.3 is 5.97 Å². The van der Waals surface area contributed by atoms with Gasteiger partial charge in [0.2, 0.25) is 11.8 Å². The third-order valence-corrected chi connectivity index (χ3v) is 5.24. The number of carbonyl (C=O) groups excluding carboxylic acids is 3. The van der Waals surface area contributed by atoms with E-state index in [1.165, 1.54) is 0 Å². The van der Waals surface area contributed by atoms with Gasteiger partial charge in [-0.05, 0) is 42.8 Å². The summed E-state index contributed by atoms with van der Waals surface area (Å²) in [6.45, 7) is 2.78. The van der Waals surface area contributed by atoms with Crippen LogP contribution in [0.1, 0.15) is 43.0 Å². The van der Waals surface area contributed by atoms with E-state index >= 15 is 0 Å². The molecule has 2 aromatic rings. The van der Waals surface area contributed by atoms with Crippen LogP contribution in [0.5, 0.6) is 5.75 Å².